The molecule has 1 saturated heterocycles. The molecule has 1 aromatic carbocycles. The fourth-order valence-corrected chi connectivity index (χ4v) is 5.76. The van der Waals surface area contributed by atoms with E-state index in [0.29, 0.717) is 35.5 Å². The van der Waals surface area contributed by atoms with Crippen LogP contribution in [0.4, 0.5) is 0 Å². The van der Waals surface area contributed by atoms with E-state index in [1.165, 1.54) is 6.21 Å². The van der Waals surface area contributed by atoms with Crippen molar-refractivity contribution < 1.29 is 23.5 Å². The first-order chi connectivity index (χ1) is 15.6. The number of carbonyl (C=O) groups excluding carboxylic acids is 3. The molecule has 2 saturated carbocycles. The summed E-state index contributed by atoms with van der Waals surface area (Å²) in [5.74, 6) is 1.11. The molecule has 0 spiro atoms. The van der Waals surface area contributed by atoms with Gasteiger partial charge in [-0.2, -0.15) is 10.1 Å². The van der Waals surface area contributed by atoms with Crippen molar-refractivity contribution >= 4 is 24.0 Å². The number of esters is 1. The first-order valence-electron chi connectivity index (χ1n) is 11.0. The zero-order chi connectivity index (χ0) is 22.0. The number of allylic oxidation sites excluding steroid dienone is 2. The van der Waals surface area contributed by atoms with E-state index >= 15 is 0 Å². The Kier molecular flexibility index (Phi) is 4.22. The molecule has 7 nitrogen and oxygen atoms in total. The lowest BCUT2D eigenvalue weighted by atomic mass is 9.63. The molecule has 2 bridgehead atoms. The number of hydrogen-bond acceptors (Lipinski definition) is 6. The average Bonchev–Trinajstić information content (AvgIpc) is 3.44. The van der Waals surface area contributed by atoms with Crippen molar-refractivity contribution in [1.82, 2.24) is 5.01 Å². The Hall–Kier alpha value is -3.48. The quantitative estimate of drug-likeness (QED) is 0.313. The van der Waals surface area contributed by atoms with Gasteiger partial charge in [0.15, 0.2) is 0 Å². The van der Waals surface area contributed by atoms with Crippen molar-refractivity contribution in [3.05, 3.63) is 59.9 Å². The van der Waals surface area contributed by atoms with Crippen molar-refractivity contribution in [2.24, 2.45) is 40.6 Å². The van der Waals surface area contributed by atoms with Gasteiger partial charge in [-0.05, 0) is 61.3 Å². The van der Waals surface area contributed by atoms with Crippen LogP contribution >= 0.6 is 0 Å². The fraction of sp³-hybridized carbons (Fsp3) is 0.360. The van der Waals surface area contributed by atoms with Gasteiger partial charge in [0.2, 0.25) is 0 Å². The molecule has 2 amide bonds. The van der Waals surface area contributed by atoms with Gasteiger partial charge in [-0.1, -0.05) is 24.3 Å². The maximum atomic E-state index is 13.0. The predicted octanol–water partition coefficient (Wildman–Crippen LogP) is 3.51. The van der Waals surface area contributed by atoms with E-state index in [2.05, 4.69) is 17.3 Å². The second-order valence-electron chi connectivity index (χ2n) is 8.89. The number of nitrogens with zero attached hydrogens (tertiary/aromatic N) is 2. The summed E-state index contributed by atoms with van der Waals surface area (Å²) in [5, 5.41) is 5.25. The van der Waals surface area contributed by atoms with Crippen molar-refractivity contribution in [3.63, 3.8) is 0 Å². The second kappa shape index (κ2) is 7.02. The van der Waals surface area contributed by atoms with Gasteiger partial charge in [0.1, 0.15) is 11.5 Å². The van der Waals surface area contributed by atoms with Crippen molar-refractivity contribution in [1.29, 1.82) is 0 Å². The number of furan rings is 1. The van der Waals surface area contributed by atoms with Gasteiger partial charge in [0, 0.05) is 5.56 Å². The van der Waals surface area contributed by atoms with Gasteiger partial charge in [-0.25, -0.2) is 4.79 Å². The van der Waals surface area contributed by atoms with Gasteiger partial charge >= 0.3 is 5.97 Å². The van der Waals surface area contributed by atoms with E-state index in [0.717, 1.165) is 17.0 Å². The number of rotatable bonds is 5. The highest BCUT2D eigenvalue weighted by Gasteiger charge is 2.67. The van der Waals surface area contributed by atoms with E-state index in [1.807, 2.05) is 6.07 Å². The van der Waals surface area contributed by atoms with Crippen LogP contribution in [0.3, 0.4) is 0 Å². The molecule has 6 atom stereocenters. The molecule has 162 valence electrons. The van der Waals surface area contributed by atoms with Gasteiger partial charge < -0.3 is 9.15 Å². The maximum Gasteiger partial charge on any atom is 0.338 e. The summed E-state index contributed by atoms with van der Waals surface area (Å²) in [7, 11) is 0. The smallest absolute Gasteiger partial charge is 0.338 e. The highest BCUT2D eigenvalue weighted by Crippen LogP contribution is 2.65. The number of ether oxygens (including phenoxy) is 1. The summed E-state index contributed by atoms with van der Waals surface area (Å²) >= 11 is 0. The third-order valence-corrected chi connectivity index (χ3v) is 7.22. The van der Waals surface area contributed by atoms with Gasteiger partial charge in [0.05, 0.1) is 30.2 Å². The molecule has 0 N–H and O–H groups in total. The highest BCUT2D eigenvalue weighted by molar-refractivity contribution is 6.06. The SMILES string of the molecule is CCOC(=O)c1cccc(-c2ccc(C=NN3C(=O)C4C5C=CC(C6CC56)C4C3=O)o2)c1. The van der Waals surface area contributed by atoms with E-state index in [4.69, 9.17) is 9.15 Å². The minimum Gasteiger partial charge on any atom is -0.462 e. The number of amides is 2. The Morgan fingerprint density at radius 3 is 2.53 bits per heavy atom. The first-order valence-corrected chi connectivity index (χ1v) is 11.0. The largest absolute Gasteiger partial charge is 0.462 e. The van der Waals surface area contributed by atoms with Crippen LogP contribution in [0.2, 0.25) is 0 Å². The first kappa shape index (κ1) is 19.2. The molecule has 2 aromatic rings. The lowest BCUT2D eigenvalue weighted by Crippen LogP contribution is -2.40. The lowest BCUT2D eigenvalue weighted by Gasteiger charge is -2.37. The van der Waals surface area contributed by atoms with Gasteiger partial charge in [0.25, 0.3) is 11.8 Å². The molecule has 5 aliphatic rings. The van der Waals surface area contributed by atoms with Crippen LogP contribution in [0.1, 0.15) is 29.5 Å². The summed E-state index contributed by atoms with van der Waals surface area (Å²) in [6.45, 7) is 2.06. The Morgan fingerprint density at radius 2 is 1.84 bits per heavy atom. The Labute approximate surface area is 184 Å². The van der Waals surface area contributed by atoms with Crippen LogP contribution in [-0.4, -0.2) is 35.6 Å². The third kappa shape index (κ3) is 2.80. The van der Waals surface area contributed by atoms with Gasteiger partial charge in [-0.3, -0.25) is 9.59 Å². The van der Waals surface area contributed by atoms with Crippen LogP contribution in [0.25, 0.3) is 11.3 Å². The molecule has 2 heterocycles. The second-order valence-corrected chi connectivity index (χ2v) is 8.89. The minimum absolute atomic E-state index is 0.175. The number of hydrogen-bond donors (Lipinski definition) is 0. The van der Waals surface area contributed by atoms with Crippen LogP contribution < -0.4 is 0 Å². The van der Waals surface area contributed by atoms with Crippen LogP contribution in [0, 0.1) is 35.5 Å². The molecule has 0 radical (unpaired) electrons. The van der Waals surface area contributed by atoms with E-state index < -0.39 is 5.97 Å². The highest BCUT2D eigenvalue weighted by atomic mass is 16.5. The number of carbonyl (C=O) groups is 3. The average molecular weight is 430 g/mol. The fourth-order valence-electron chi connectivity index (χ4n) is 5.76. The molecule has 4 aliphatic carbocycles. The molecular weight excluding hydrogens is 408 g/mol. The number of benzene rings is 1. The molecule has 7 heteroatoms. The van der Waals surface area contributed by atoms with Crippen LogP contribution in [0.15, 0.2) is 58.1 Å². The van der Waals surface area contributed by atoms with Crippen molar-refractivity contribution in [2.45, 2.75) is 13.3 Å². The Bertz CT molecular complexity index is 1160. The standard InChI is InChI=1S/C25H22N2O5/c1-2-31-25(30)14-5-3-4-13(10-14)20-9-6-15(32-20)12-26-27-23(28)21-16-7-8-17(19-11-18(16)19)22(21)24(27)29/h3-10,12,16-19,21-22H,2,11H2,1H3. The molecule has 3 fully saturated rings. The van der Waals surface area contributed by atoms with E-state index in [1.54, 1.807) is 37.3 Å². The molecule has 7 rings (SSSR count). The third-order valence-electron chi connectivity index (χ3n) is 7.22. The summed E-state index contributed by atoms with van der Waals surface area (Å²) in [6.07, 6.45) is 6.82. The molecular formula is C25H22N2O5. The lowest BCUT2D eigenvalue weighted by molar-refractivity contribution is -0.140. The van der Waals surface area contributed by atoms with Crippen molar-refractivity contribution in [3.8, 4) is 11.3 Å². The number of hydrazone groups is 1. The van der Waals surface area contributed by atoms with Crippen molar-refractivity contribution in [2.75, 3.05) is 6.61 Å². The monoisotopic (exact) mass is 430 g/mol. The molecule has 1 aromatic heterocycles. The zero-order valence-corrected chi connectivity index (χ0v) is 17.5. The van der Waals surface area contributed by atoms with Crippen LogP contribution in [0.5, 0.6) is 0 Å². The summed E-state index contributed by atoms with van der Waals surface area (Å²) in [4.78, 5) is 38.0. The van der Waals surface area contributed by atoms with E-state index in [-0.39, 0.29) is 35.5 Å². The normalized spacial score (nSPS) is 31.8. The Morgan fingerprint density at radius 1 is 1.12 bits per heavy atom. The molecule has 32 heavy (non-hydrogen) atoms. The maximum absolute atomic E-state index is 13.0. The predicted molar refractivity (Wildman–Crippen MR) is 114 cm³/mol. The molecule has 6 unspecified atom stereocenters. The molecule has 1 aliphatic heterocycles. The number of imide groups is 1. The topological polar surface area (TPSA) is 89.2 Å². The Balaban J connectivity index is 1.21. The van der Waals surface area contributed by atoms with Crippen LogP contribution in [-0.2, 0) is 14.3 Å². The van der Waals surface area contributed by atoms with E-state index in [9.17, 15) is 14.4 Å². The zero-order valence-electron chi connectivity index (χ0n) is 17.5. The van der Waals surface area contributed by atoms with Gasteiger partial charge in [-0.15, -0.1) is 0 Å². The summed E-state index contributed by atoms with van der Waals surface area (Å²) in [5.41, 5.74) is 1.16. The summed E-state index contributed by atoms with van der Waals surface area (Å²) < 4.78 is 10.9. The minimum atomic E-state index is -0.392. The summed E-state index contributed by atoms with van der Waals surface area (Å²) in [6, 6.07) is 10.4.